The average Bonchev–Trinajstić information content (AvgIpc) is 3.27. The third kappa shape index (κ3) is 3.56. The van der Waals surface area contributed by atoms with E-state index in [1.807, 2.05) is 48.5 Å². The summed E-state index contributed by atoms with van der Waals surface area (Å²) in [7, 11) is 1.64. The van der Waals surface area contributed by atoms with Gasteiger partial charge < -0.3 is 4.74 Å². The SMILES string of the molecule is COc1ccc2ccccc2c1C=c1sc2n(c1=O)C(c1ccc(F)cc1)C1=C(N=2)c2ccccc2CC1. The van der Waals surface area contributed by atoms with Crippen molar-refractivity contribution in [2.45, 2.75) is 18.9 Å². The van der Waals surface area contributed by atoms with E-state index in [0.29, 0.717) is 15.1 Å². The number of thiazole rings is 1. The quantitative estimate of drug-likeness (QED) is 0.311. The van der Waals surface area contributed by atoms with Gasteiger partial charge in [-0.05, 0) is 64.6 Å². The number of fused-ring (bicyclic) bond motifs is 4. The summed E-state index contributed by atoms with van der Waals surface area (Å²) in [4.78, 5) is 19.8. The normalized spacial score (nSPS) is 16.6. The van der Waals surface area contributed by atoms with Crippen LogP contribution < -0.4 is 19.6 Å². The molecule has 186 valence electrons. The molecule has 1 aromatic heterocycles. The van der Waals surface area contributed by atoms with E-state index in [1.54, 1.807) is 23.8 Å². The number of aromatic nitrogens is 1. The van der Waals surface area contributed by atoms with Crippen LogP contribution in [0.5, 0.6) is 5.75 Å². The third-order valence-electron chi connectivity index (χ3n) is 7.48. The summed E-state index contributed by atoms with van der Waals surface area (Å²) >= 11 is 1.38. The maximum Gasteiger partial charge on any atom is 0.271 e. The molecule has 0 spiro atoms. The van der Waals surface area contributed by atoms with E-state index in [0.717, 1.165) is 51.6 Å². The molecule has 1 aliphatic heterocycles. The van der Waals surface area contributed by atoms with E-state index in [2.05, 4.69) is 18.2 Å². The number of halogens is 1. The first kappa shape index (κ1) is 22.9. The zero-order chi connectivity index (χ0) is 25.8. The number of hydrogen-bond acceptors (Lipinski definition) is 4. The summed E-state index contributed by atoms with van der Waals surface area (Å²) in [6.45, 7) is 0. The smallest absolute Gasteiger partial charge is 0.271 e. The lowest BCUT2D eigenvalue weighted by molar-refractivity contribution is 0.414. The molecule has 0 amide bonds. The molecule has 1 unspecified atom stereocenters. The molecule has 6 heteroatoms. The number of hydrogen-bond donors (Lipinski definition) is 0. The Labute approximate surface area is 222 Å². The summed E-state index contributed by atoms with van der Waals surface area (Å²) in [5.74, 6) is 0.408. The summed E-state index contributed by atoms with van der Waals surface area (Å²) in [5.41, 5.74) is 6.02. The second kappa shape index (κ2) is 8.92. The standard InChI is InChI=1S/C32H23FN2O2S/c1-37-27-17-13-19-6-2-4-8-23(19)26(27)18-28-31(36)35-30(21-10-14-22(33)15-11-21)25-16-12-20-7-3-5-9-24(20)29(25)34-32(35)38-28/h2-11,13-15,17-18,30H,12,16H2,1H3. The van der Waals surface area contributed by atoms with E-state index < -0.39 is 0 Å². The van der Waals surface area contributed by atoms with Gasteiger partial charge in [0.2, 0.25) is 0 Å². The van der Waals surface area contributed by atoms with Crippen LogP contribution in [0.25, 0.3) is 22.5 Å². The fraction of sp³-hybridized carbons (Fsp3) is 0.125. The van der Waals surface area contributed by atoms with Crippen LogP contribution in [0.3, 0.4) is 0 Å². The molecular formula is C32H23FN2O2S. The number of aryl methyl sites for hydroxylation is 1. The molecule has 38 heavy (non-hydrogen) atoms. The Morgan fingerprint density at radius 2 is 1.76 bits per heavy atom. The minimum absolute atomic E-state index is 0.108. The van der Waals surface area contributed by atoms with Crippen molar-refractivity contribution in [3.8, 4) is 5.75 Å². The van der Waals surface area contributed by atoms with Gasteiger partial charge in [0.15, 0.2) is 4.80 Å². The predicted molar refractivity (Wildman–Crippen MR) is 150 cm³/mol. The molecule has 4 nitrogen and oxygen atoms in total. The first-order valence-corrected chi connectivity index (χ1v) is 13.4. The second-order valence-electron chi connectivity index (χ2n) is 9.57. The highest BCUT2D eigenvalue weighted by molar-refractivity contribution is 7.07. The lowest BCUT2D eigenvalue weighted by atomic mass is 9.83. The molecule has 7 rings (SSSR count). The zero-order valence-corrected chi connectivity index (χ0v) is 21.5. The monoisotopic (exact) mass is 518 g/mol. The Balaban J connectivity index is 1.52. The molecule has 5 aromatic rings. The Bertz CT molecular complexity index is 1950. The average molecular weight is 519 g/mol. The summed E-state index contributed by atoms with van der Waals surface area (Å²) < 4.78 is 21.9. The minimum Gasteiger partial charge on any atom is -0.496 e. The second-order valence-corrected chi connectivity index (χ2v) is 10.6. The van der Waals surface area contributed by atoms with Crippen molar-refractivity contribution in [3.63, 3.8) is 0 Å². The van der Waals surface area contributed by atoms with Crippen molar-refractivity contribution >= 4 is 33.9 Å². The summed E-state index contributed by atoms with van der Waals surface area (Å²) in [5, 5.41) is 2.09. The van der Waals surface area contributed by atoms with Crippen molar-refractivity contribution in [2.75, 3.05) is 7.11 Å². The third-order valence-corrected chi connectivity index (χ3v) is 8.47. The van der Waals surface area contributed by atoms with Crippen molar-refractivity contribution in [3.05, 3.63) is 138 Å². The van der Waals surface area contributed by atoms with Crippen molar-refractivity contribution < 1.29 is 9.13 Å². The van der Waals surface area contributed by atoms with Crippen LogP contribution in [0.4, 0.5) is 4.39 Å². The molecule has 0 fully saturated rings. The van der Waals surface area contributed by atoms with Crippen LogP contribution in [0, 0.1) is 5.82 Å². The maximum absolute atomic E-state index is 14.1. The Morgan fingerprint density at radius 1 is 0.974 bits per heavy atom. The lowest BCUT2D eigenvalue weighted by Gasteiger charge is -2.30. The van der Waals surface area contributed by atoms with Gasteiger partial charge in [-0.1, -0.05) is 78.1 Å². The highest BCUT2D eigenvalue weighted by Crippen LogP contribution is 2.41. The molecule has 4 aromatic carbocycles. The number of rotatable bonds is 3. The summed E-state index contributed by atoms with van der Waals surface area (Å²) in [6.07, 6.45) is 3.59. The minimum atomic E-state index is -0.341. The topological polar surface area (TPSA) is 43.6 Å². The van der Waals surface area contributed by atoms with E-state index >= 15 is 0 Å². The van der Waals surface area contributed by atoms with E-state index in [4.69, 9.17) is 9.73 Å². The van der Waals surface area contributed by atoms with Gasteiger partial charge in [-0.2, -0.15) is 0 Å². The molecule has 2 heterocycles. The van der Waals surface area contributed by atoms with Crippen LogP contribution >= 0.6 is 11.3 Å². The fourth-order valence-corrected chi connectivity index (χ4v) is 6.68. The highest BCUT2D eigenvalue weighted by Gasteiger charge is 2.32. The van der Waals surface area contributed by atoms with E-state index in [1.165, 1.54) is 29.0 Å². The Hall–Kier alpha value is -4.29. The lowest BCUT2D eigenvalue weighted by Crippen LogP contribution is -2.38. The Morgan fingerprint density at radius 3 is 2.61 bits per heavy atom. The molecule has 0 radical (unpaired) electrons. The first-order valence-electron chi connectivity index (χ1n) is 12.6. The van der Waals surface area contributed by atoms with Gasteiger partial charge in [-0.15, -0.1) is 0 Å². The zero-order valence-electron chi connectivity index (χ0n) is 20.6. The molecule has 1 atom stereocenters. The Kier molecular flexibility index (Phi) is 5.37. The number of benzene rings is 4. The summed E-state index contributed by atoms with van der Waals surface area (Å²) in [6, 6.07) is 26.5. The molecule has 0 saturated carbocycles. The van der Waals surface area contributed by atoms with Crippen LogP contribution in [-0.2, 0) is 6.42 Å². The van der Waals surface area contributed by atoms with Crippen molar-refractivity contribution in [1.29, 1.82) is 0 Å². The highest BCUT2D eigenvalue weighted by atomic mass is 32.1. The van der Waals surface area contributed by atoms with Gasteiger partial charge in [0.05, 0.1) is 23.4 Å². The van der Waals surface area contributed by atoms with Crippen LogP contribution in [-0.4, -0.2) is 11.7 Å². The predicted octanol–water partition coefficient (Wildman–Crippen LogP) is 5.62. The largest absolute Gasteiger partial charge is 0.496 e. The van der Waals surface area contributed by atoms with Crippen LogP contribution in [0.15, 0.2) is 100 Å². The van der Waals surface area contributed by atoms with Gasteiger partial charge in [0.25, 0.3) is 5.56 Å². The van der Waals surface area contributed by atoms with Gasteiger partial charge >= 0.3 is 0 Å². The first-order chi connectivity index (χ1) is 18.6. The van der Waals surface area contributed by atoms with Crippen LogP contribution in [0.1, 0.15) is 34.7 Å². The van der Waals surface area contributed by atoms with E-state index in [-0.39, 0.29) is 17.4 Å². The fourth-order valence-electron chi connectivity index (χ4n) is 5.70. The maximum atomic E-state index is 14.1. The molecular weight excluding hydrogens is 495 g/mol. The van der Waals surface area contributed by atoms with E-state index in [9.17, 15) is 9.18 Å². The molecule has 0 N–H and O–H groups in total. The number of ether oxygens (including phenoxy) is 1. The van der Waals surface area contributed by atoms with Gasteiger partial charge in [-0.3, -0.25) is 9.36 Å². The van der Waals surface area contributed by atoms with Crippen molar-refractivity contribution in [2.24, 2.45) is 4.99 Å². The molecule has 2 aliphatic rings. The van der Waals surface area contributed by atoms with Crippen molar-refractivity contribution in [1.82, 2.24) is 4.57 Å². The number of allylic oxidation sites excluding steroid dienone is 1. The van der Waals surface area contributed by atoms with Gasteiger partial charge in [0.1, 0.15) is 11.6 Å². The van der Waals surface area contributed by atoms with Crippen LogP contribution in [0.2, 0.25) is 0 Å². The molecule has 1 aliphatic carbocycles. The van der Waals surface area contributed by atoms with Gasteiger partial charge in [-0.25, -0.2) is 9.38 Å². The number of methoxy groups -OCH3 is 1. The van der Waals surface area contributed by atoms with Gasteiger partial charge in [0, 0.05) is 11.1 Å². The number of nitrogens with zero attached hydrogens (tertiary/aromatic N) is 2. The molecule has 0 bridgehead atoms. The molecule has 0 saturated heterocycles.